The lowest BCUT2D eigenvalue weighted by atomic mass is 10.2. The fourth-order valence-electron chi connectivity index (χ4n) is 1.47. The predicted molar refractivity (Wildman–Crippen MR) is 62.8 cm³/mol. The van der Waals surface area contributed by atoms with Gasteiger partial charge in [-0.05, 0) is 18.2 Å². The lowest BCUT2D eigenvalue weighted by Gasteiger charge is -2.07. The molecule has 0 saturated carbocycles. The Hall–Kier alpha value is -2.44. The Bertz CT molecular complexity index is 544. The summed E-state index contributed by atoms with van der Waals surface area (Å²) in [6.45, 7) is -2.69. The quantitative estimate of drug-likeness (QED) is 0.870. The van der Waals surface area contributed by atoms with E-state index in [-0.39, 0.29) is 17.9 Å². The van der Waals surface area contributed by atoms with Gasteiger partial charge in [0.25, 0.3) is 5.91 Å². The van der Waals surface area contributed by atoms with Gasteiger partial charge in [0.1, 0.15) is 11.6 Å². The van der Waals surface area contributed by atoms with Gasteiger partial charge < -0.3 is 15.0 Å². The summed E-state index contributed by atoms with van der Waals surface area (Å²) in [4.78, 5) is 18.6. The van der Waals surface area contributed by atoms with E-state index in [4.69, 9.17) is 0 Å². The number of nitrogens with one attached hydrogen (secondary N) is 2. The first kappa shape index (κ1) is 13.0. The number of alkyl halides is 2. The Balaban J connectivity index is 1.98. The van der Waals surface area contributed by atoms with E-state index in [9.17, 15) is 13.6 Å². The van der Waals surface area contributed by atoms with Gasteiger partial charge in [0.2, 0.25) is 0 Å². The van der Waals surface area contributed by atoms with Crippen LogP contribution in [0.5, 0.6) is 5.75 Å². The second kappa shape index (κ2) is 5.94. The third-order valence-corrected chi connectivity index (χ3v) is 2.29. The molecule has 19 heavy (non-hydrogen) atoms. The Kier molecular flexibility index (Phi) is 4.07. The van der Waals surface area contributed by atoms with Crippen LogP contribution in [0.25, 0.3) is 0 Å². The van der Waals surface area contributed by atoms with Crippen molar-refractivity contribution in [1.29, 1.82) is 0 Å². The lowest BCUT2D eigenvalue weighted by Crippen LogP contribution is -2.23. The highest BCUT2D eigenvalue weighted by Gasteiger charge is 2.09. The van der Waals surface area contributed by atoms with Gasteiger partial charge in [-0.1, -0.05) is 6.07 Å². The van der Waals surface area contributed by atoms with Crippen LogP contribution in [-0.2, 0) is 6.54 Å². The van der Waals surface area contributed by atoms with Crippen LogP contribution in [-0.4, -0.2) is 22.5 Å². The second-order valence-electron chi connectivity index (χ2n) is 3.62. The molecule has 0 bridgehead atoms. The fraction of sp³-hybridized carbons (Fsp3) is 0.167. The van der Waals surface area contributed by atoms with Gasteiger partial charge in [0, 0.05) is 18.0 Å². The predicted octanol–water partition coefficient (Wildman–Crippen LogP) is 1.94. The van der Waals surface area contributed by atoms with E-state index in [0.717, 1.165) is 0 Å². The van der Waals surface area contributed by atoms with Crippen molar-refractivity contribution in [2.75, 3.05) is 0 Å². The highest BCUT2D eigenvalue weighted by atomic mass is 19.3. The maximum Gasteiger partial charge on any atom is 0.387 e. The summed E-state index contributed by atoms with van der Waals surface area (Å²) in [5.41, 5.74) is 0.240. The van der Waals surface area contributed by atoms with Crippen LogP contribution in [0.2, 0.25) is 0 Å². The first-order valence-electron chi connectivity index (χ1n) is 5.46. The van der Waals surface area contributed by atoms with Crippen molar-refractivity contribution < 1.29 is 18.3 Å². The maximum absolute atomic E-state index is 12.1. The average molecular weight is 267 g/mol. The van der Waals surface area contributed by atoms with Gasteiger partial charge in [-0.25, -0.2) is 4.98 Å². The number of carbonyl (C=O) groups excluding carboxylic acids is 1. The molecule has 1 aromatic heterocycles. The van der Waals surface area contributed by atoms with E-state index in [1.165, 1.54) is 24.3 Å². The minimum atomic E-state index is -2.92. The molecule has 100 valence electrons. The number of rotatable bonds is 5. The molecule has 0 atom stereocenters. The first-order chi connectivity index (χ1) is 9.15. The molecule has 0 aliphatic rings. The van der Waals surface area contributed by atoms with Crippen molar-refractivity contribution in [3.63, 3.8) is 0 Å². The Morgan fingerprint density at radius 1 is 1.47 bits per heavy atom. The summed E-state index contributed by atoms with van der Waals surface area (Å²) in [6.07, 6.45) is 3.21. The van der Waals surface area contributed by atoms with Crippen LogP contribution in [0.15, 0.2) is 36.7 Å². The van der Waals surface area contributed by atoms with Gasteiger partial charge in [0.15, 0.2) is 0 Å². The van der Waals surface area contributed by atoms with Crippen molar-refractivity contribution in [3.8, 4) is 5.75 Å². The molecule has 0 unspecified atom stereocenters. The Morgan fingerprint density at radius 3 is 3.00 bits per heavy atom. The molecule has 2 rings (SSSR count). The number of ether oxygens (including phenoxy) is 1. The number of hydrogen-bond donors (Lipinski definition) is 2. The summed E-state index contributed by atoms with van der Waals surface area (Å²) in [5.74, 6) is 0.157. The maximum atomic E-state index is 12.1. The van der Waals surface area contributed by atoms with E-state index in [1.54, 1.807) is 12.4 Å². The fourth-order valence-corrected chi connectivity index (χ4v) is 1.47. The Morgan fingerprint density at radius 2 is 2.32 bits per heavy atom. The van der Waals surface area contributed by atoms with Gasteiger partial charge in [-0.15, -0.1) is 0 Å². The molecule has 0 spiro atoms. The minimum Gasteiger partial charge on any atom is -0.435 e. The smallest absolute Gasteiger partial charge is 0.387 e. The zero-order chi connectivity index (χ0) is 13.7. The standard InChI is InChI=1S/C12H11F2N3O2/c13-12(14)19-9-3-1-2-8(6-9)11(18)17-7-10-15-4-5-16-10/h1-6,12H,7H2,(H,15,16)(H,17,18). The minimum absolute atomic E-state index is 0.0550. The van der Waals surface area contributed by atoms with E-state index >= 15 is 0 Å². The zero-order valence-corrected chi connectivity index (χ0v) is 9.77. The number of carbonyl (C=O) groups is 1. The van der Waals surface area contributed by atoms with Crippen molar-refractivity contribution in [1.82, 2.24) is 15.3 Å². The molecule has 0 saturated heterocycles. The molecular weight excluding hydrogens is 256 g/mol. The summed E-state index contributed by atoms with van der Waals surface area (Å²) < 4.78 is 28.3. The van der Waals surface area contributed by atoms with E-state index in [1.807, 2.05) is 0 Å². The summed E-state index contributed by atoms with van der Waals surface area (Å²) in [6, 6.07) is 5.59. The number of benzene rings is 1. The van der Waals surface area contributed by atoms with Crippen LogP contribution in [0, 0.1) is 0 Å². The molecule has 1 aromatic carbocycles. The summed E-state index contributed by atoms with van der Waals surface area (Å²) >= 11 is 0. The normalized spacial score (nSPS) is 10.5. The van der Waals surface area contributed by atoms with Gasteiger partial charge in [-0.2, -0.15) is 8.78 Å². The molecule has 2 N–H and O–H groups in total. The molecule has 0 radical (unpaired) electrons. The molecular formula is C12H11F2N3O2. The second-order valence-corrected chi connectivity index (χ2v) is 3.62. The number of aromatic nitrogens is 2. The largest absolute Gasteiger partial charge is 0.435 e. The summed E-state index contributed by atoms with van der Waals surface area (Å²) in [7, 11) is 0. The van der Waals surface area contributed by atoms with Crippen molar-refractivity contribution >= 4 is 5.91 Å². The van der Waals surface area contributed by atoms with Gasteiger partial charge in [0.05, 0.1) is 6.54 Å². The van der Waals surface area contributed by atoms with Crippen molar-refractivity contribution in [2.24, 2.45) is 0 Å². The van der Waals surface area contributed by atoms with E-state index in [2.05, 4.69) is 20.0 Å². The van der Waals surface area contributed by atoms with Crippen LogP contribution in [0.3, 0.4) is 0 Å². The highest BCUT2D eigenvalue weighted by molar-refractivity contribution is 5.94. The number of H-pyrrole nitrogens is 1. The monoisotopic (exact) mass is 267 g/mol. The number of aromatic amines is 1. The third kappa shape index (κ3) is 3.77. The van der Waals surface area contributed by atoms with E-state index < -0.39 is 12.5 Å². The number of hydrogen-bond acceptors (Lipinski definition) is 3. The van der Waals surface area contributed by atoms with Crippen LogP contribution in [0.4, 0.5) is 8.78 Å². The molecule has 5 nitrogen and oxygen atoms in total. The molecule has 7 heteroatoms. The van der Waals surface area contributed by atoms with Gasteiger partial charge in [-0.3, -0.25) is 4.79 Å². The van der Waals surface area contributed by atoms with Crippen LogP contribution < -0.4 is 10.1 Å². The average Bonchev–Trinajstić information content (AvgIpc) is 2.88. The van der Waals surface area contributed by atoms with E-state index in [0.29, 0.717) is 5.82 Å². The number of halogens is 2. The topological polar surface area (TPSA) is 67.0 Å². The molecule has 1 amide bonds. The molecule has 1 heterocycles. The number of amides is 1. The number of imidazole rings is 1. The highest BCUT2D eigenvalue weighted by Crippen LogP contribution is 2.15. The van der Waals surface area contributed by atoms with Crippen LogP contribution >= 0.6 is 0 Å². The Labute approximate surface area is 107 Å². The molecule has 2 aromatic rings. The SMILES string of the molecule is O=C(NCc1ncc[nH]1)c1cccc(OC(F)F)c1. The molecule has 0 fully saturated rings. The molecule has 0 aliphatic heterocycles. The lowest BCUT2D eigenvalue weighted by molar-refractivity contribution is -0.0498. The summed E-state index contributed by atoms with van der Waals surface area (Å²) in [5, 5.41) is 2.61. The molecule has 0 aliphatic carbocycles. The van der Waals surface area contributed by atoms with Gasteiger partial charge >= 0.3 is 6.61 Å². The third-order valence-electron chi connectivity index (χ3n) is 2.29. The van der Waals surface area contributed by atoms with Crippen LogP contribution in [0.1, 0.15) is 16.2 Å². The van der Waals surface area contributed by atoms with Crippen molar-refractivity contribution in [2.45, 2.75) is 13.2 Å². The zero-order valence-electron chi connectivity index (χ0n) is 9.77. The van der Waals surface area contributed by atoms with Crippen molar-refractivity contribution in [3.05, 3.63) is 48.0 Å². The first-order valence-corrected chi connectivity index (χ1v) is 5.46. The number of nitrogens with zero attached hydrogens (tertiary/aromatic N) is 1.